The topological polar surface area (TPSA) is 123 Å². The van der Waals surface area contributed by atoms with Gasteiger partial charge in [-0.3, -0.25) is 5.41 Å². The first-order valence-electron chi connectivity index (χ1n) is 9.46. The SMILES string of the molecule is CCOc1ccc(C2OC34CCCCC3C(C#N)(C(=N)O4)C2(C#N)C#N)cc1. The maximum atomic E-state index is 10.2. The molecule has 0 radical (unpaired) electrons. The summed E-state index contributed by atoms with van der Waals surface area (Å²) in [5.74, 6) is -1.30. The lowest BCUT2D eigenvalue weighted by Gasteiger charge is -2.51. The Hall–Kier alpha value is -3.08. The molecule has 2 bridgehead atoms. The number of benzene rings is 1. The average Bonchev–Trinajstić information content (AvgIpc) is 2.93. The third kappa shape index (κ3) is 2.02. The van der Waals surface area contributed by atoms with E-state index in [0.717, 1.165) is 12.8 Å². The molecule has 1 aromatic carbocycles. The number of hydrogen-bond acceptors (Lipinski definition) is 7. The molecular weight excluding hydrogens is 356 g/mol. The molecule has 4 atom stereocenters. The quantitative estimate of drug-likeness (QED) is 0.860. The monoisotopic (exact) mass is 376 g/mol. The minimum absolute atomic E-state index is 0.321. The molecule has 4 rings (SSSR count). The van der Waals surface area contributed by atoms with Gasteiger partial charge in [-0.1, -0.05) is 18.6 Å². The molecule has 3 fully saturated rings. The zero-order chi connectivity index (χ0) is 20.0. The first-order valence-corrected chi connectivity index (χ1v) is 9.46. The molecule has 7 nitrogen and oxygen atoms in total. The number of nitrogens with zero attached hydrogens (tertiary/aromatic N) is 3. The molecule has 142 valence electrons. The standard InChI is InChI=1S/C21H20N4O3/c1-2-26-15-8-6-14(7-9-15)17-19(11-22,12-23)20(13-24)16-5-3-4-10-21(16,27-17)28-18(20)25/h6-9,16-17,25H,2-5,10H2,1H3. The molecule has 2 aliphatic heterocycles. The van der Waals surface area contributed by atoms with Crippen LogP contribution in [0.4, 0.5) is 0 Å². The van der Waals surface area contributed by atoms with Gasteiger partial charge in [0.15, 0.2) is 5.41 Å². The lowest BCUT2D eigenvalue weighted by molar-refractivity contribution is -0.294. The average molecular weight is 376 g/mol. The van der Waals surface area contributed by atoms with Crippen LogP contribution in [0.2, 0.25) is 0 Å². The van der Waals surface area contributed by atoms with Crippen molar-refractivity contribution in [1.29, 1.82) is 21.2 Å². The number of hydrogen-bond donors (Lipinski definition) is 1. The van der Waals surface area contributed by atoms with E-state index in [4.69, 9.17) is 19.6 Å². The van der Waals surface area contributed by atoms with E-state index in [0.29, 0.717) is 30.8 Å². The number of nitrogens with one attached hydrogen (secondary N) is 1. The molecule has 0 spiro atoms. The van der Waals surface area contributed by atoms with Crippen molar-refractivity contribution in [3.63, 3.8) is 0 Å². The molecule has 2 heterocycles. The Labute approximate surface area is 163 Å². The maximum absolute atomic E-state index is 10.2. The van der Waals surface area contributed by atoms with E-state index in [-0.39, 0.29) is 5.90 Å². The van der Waals surface area contributed by atoms with E-state index in [1.54, 1.807) is 24.3 Å². The third-order valence-corrected chi connectivity index (χ3v) is 6.31. The second-order valence-corrected chi connectivity index (χ2v) is 7.49. The van der Waals surface area contributed by atoms with Gasteiger partial charge < -0.3 is 14.2 Å². The predicted molar refractivity (Wildman–Crippen MR) is 96.6 cm³/mol. The van der Waals surface area contributed by atoms with Crippen molar-refractivity contribution in [2.45, 2.75) is 44.5 Å². The summed E-state index contributed by atoms with van der Waals surface area (Å²) in [6.45, 7) is 2.40. The molecule has 1 aromatic rings. The van der Waals surface area contributed by atoms with Crippen LogP contribution in [-0.2, 0) is 9.47 Å². The summed E-state index contributed by atoms with van der Waals surface area (Å²) in [5.41, 5.74) is -2.94. The molecule has 0 amide bonds. The Morgan fingerprint density at radius 3 is 2.46 bits per heavy atom. The Kier molecular flexibility index (Phi) is 4.07. The first kappa shape index (κ1) is 18.3. The molecule has 3 aliphatic rings. The van der Waals surface area contributed by atoms with E-state index in [1.807, 2.05) is 6.92 Å². The van der Waals surface area contributed by atoms with Gasteiger partial charge in [0.05, 0.1) is 30.7 Å². The van der Waals surface area contributed by atoms with Gasteiger partial charge in [0, 0.05) is 6.42 Å². The highest BCUT2D eigenvalue weighted by Crippen LogP contribution is 2.69. The van der Waals surface area contributed by atoms with Crippen molar-refractivity contribution in [3.05, 3.63) is 29.8 Å². The van der Waals surface area contributed by atoms with Gasteiger partial charge >= 0.3 is 0 Å². The van der Waals surface area contributed by atoms with E-state index in [2.05, 4.69) is 18.2 Å². The second-order valence-electron chi connectivity index (χ2n) is 7.49. The van der Waals surface area contributed by atoms with E-state index >= 15 is 0 Å². The van der Waals surface area contributed by atoms with Crippen molar-refractivity contribution in [1.82, 2.24) is 0 Å². The summed E-state index contributed by atoms with van der Waals surface area (Å²) in [4.78, 5) is 0. The first-order chi connectivity index (χ1) is 13.5. The fraction of sp³-hybridized carbons (Fsp3) is 0.524. The molecule has 1 saturated carbocycles. The van der Waals surface area contributed by atoms with Crippen LogP contribution in [-0.4, -0.2) is 18.3 Å². The molecule has 1 aliphatic carbocycles. The Balaban J connectivity index is 1.91. The van der Waals surface area contributed by atoms with Crippen LogP contribution in [0, 0.1) is 56.2 Å². The van der Waals surface area contributed by atoms with Crippen molar-refractivity contribution in [2.75, 3.05) is 6.61 Å². The zero-order valence-electron chi connectivity index (χ0n) is 15.6. The summed E-state index contributed by atoms with van der Waals surface area (Å²) in [6, 6.07) is 13.3. The van der Waals surface area contributed by atoms with Gasteiger partial charge in [-0.2, -0.15) is 15.8 Å². The summed E-state index contributed by atoms with van der Waals surface area (Å²) >= 11 is 0. The van der Waals surface area contributed by atoms with Crippen molar-refractivity contribution < 1.29 is 14.2 Å². The lowest BCUT2D eigenvalue weighted by atomic mass is 9.51. The largest absolute Gasteiger partial charge is 0.494 e. The fourth-order valence-electron chi connectivity index (χ4n) is 5.07. The Morgan fingerprint density at radius 2 is 1.86 bits per heavy atom. The minimum Gasteiger partial charge on any atom is -0.494 e. The zero-order valence-corrected chi connectivity index (χ0v) is 15.6. The Bertz CT molecular complexity index is 924. The van der Waals surface area contributed by atoms with Crippen molar-refractivity contribution >= 4 is 5.90 Å². The highest BCUT2D eigenvalue weighted by atomic mass is 16.7. The highest BCUT2D eigenvalue weighted by Gasteiger charge is 2.80. The van der Waals surface area contributed by atoms with E-state index in [1.165, 1.54) is 0 Å². The van der Waals surface area contributed by atoms with Crippen LogP contribution in [0.3, 0.4) is 0 Å². The number of rotatable bonds is 3. The summed E-state index contributed by atoms with van der Waals surface area (Å²) < 4.78 is 17.7. The van der Waals surface area contributed by atoms with Crippen LogP contribution >= 0.6 is 0 Å². The number of nitriles is 3. The van der Waals surface area contributed by atoms with Crippen molar-refractivity contribution in [2.24, 2.45) is 16.7 Å². The molecular formula is C21H20N4O3. The van der Waals surface area contributed by atoms with Crippen molar-refractivity contribution in [3.8, 4) is 24.0 Å². The van der Waals surface area contributed by atoms with Gasteiger partial charge in [-0.15, -0.1) is 0 Å². The van der Waals surface area contributed by atoms with E-state index in [9.17, 15) is 15.8 Å². The van der Waals surface area contributed by atoms with E-state index < -0.39 is 28.6 Å². The fourth-order valence-corrected chi connectivity index (χ4v) is 5.07. The normalized spacial score (nSPS) is 34.9. The van der Waals surface area contributed by atoms with Gasteiger partial charge in [-0.25, -0.2) is 0 Å². The van der Waals surface area contributed by atoms with Gasteiger partial charge in [0.2, 0.25) is 17.1 Å². The number of ether oxygens (including phenoxy) is 3. The summed E-state index contributed by atoms with van der Waals surface area (Å²) in [7, 11) is 0. The molecule has 4 unspecified atom stereocenters. The predicted octanol–water partition coefficient (Wildman–Crippen LogP) is 3.59. The molecule has 7 heteroatoms. The molecule has 0 aromatic heterocycles. The molecule has 28 heavy (non-hydrogen) atoms. The smallest absolute Gasteiger partial charge is 0.217 e. The second kappa shape index (κ2) is 6.23. The lowest BCUT2D eigenvalue weighted by Crippen LogP contribution is -2.60. The minimum atomic E-state index is -1.88. The van der Waals surface area contributed by atoms with Crippen LogP contribution in [0.15, 0.2) is 24.3 Å². The van der Waals surface area contributed by atoms with Gasteiger partial charge in [0.1, 0.15) is 11.9 Å². The third-order valence-electron chi connectivity index (χ3n) is 6.31. The molecule has 1 N–H and O–H groups in total. The summed E-state index contributed by atoms with van der Waals surface area (Å²) in [6.07, 6.45) is 1.79. The van der Waals surface area contributed by atoms with Gasteiger partial charge in [-0.05, 0) is 37.5 Å². The highest BCUT2D eigenvalue weighted by molar-refractivity contribution is 5.89. The summed E-state index contributed by atoms with van der Waals surface area (Å²) in [5, 5.41) is 39.0. The Morgan fingerprint density at radius 1 is 1.14 bits per heavy atom. The van der Waals surface area contributed by atoms with Crippen LogP contribution in [0.25, 0.3) is 0 Å². The van der Waals surface area contributed by atoms with Crippen LogP contribution in [0.1, 0.15) is 44.3 Å². The van der Waals surface area contributed by atoms with Gasteiger partial charge in [0.25, 0.3) is 0 Å². The van der Waals surface area contributed by atoms with Crippen LogP contribution in [0.5, 0.6) is 5.75 Å². The van der Waals surface area contributed by atoms with Crippen LogP contribution < -0.4 is 4.74 Å². The molecule has 2 saturated heterocycles. The maximum Gasteiger partial charge on any atom is 0.217 e.